The number of anilines is 1. The molecule has 0 saturated heterocycles. The molecule has 1 aromatic rings. The van der Waals surface area contributed by atoms with Gasteiger partial charge in [0.1, 0.15) is 13.2 Å². The van der Waals surface area contributed by atoms with E-state index in [-0.39, 0.29) is 5.91 Å². The maximum absolute atomic E-state index is 11.7. The molecule has 1 heterocycles. The van der Waals surface area contributed by atoms with Crippen LogP contribution in [0.5, 0.6) is 11.5 Å². The number of ether oxygens (including phenoxy) is 2. The molecule has 0 unspecified atom stereocenters. The molecule has 1 amide bonds. The number of nitrogens with one attached hydrogen (secondary N) is 2. The number of amides is 1. The van der Waals surface area contributed by atoms with E-state index in [0.717, 1.165) is 11.4 Å². The van der Waals surface area contributed by atoms with Crippen molar-refractivity contribution in [1.29, 1.82) is 0 Å². The van der Waals surface area contributed by atoms with Gasteiger partial charge in [-0.25, -0.2) is 0 Å². The lowest BCUT2D eigenvalue weighted by molar-refractivity contribution is -0.116. The SMILES string of the molecule is CC(C)NCCC(=O)Nc1ccc2c(c1)OCCO2. The van der Waals surface area contributed by atoms with Crippen molar-refractivity contribution < 1.29 is 14.3 Å². The predicted octanol–water partition coefficient (Wildman–Crippen LogP) is 1.78. The average molecular weight is 264 g/mol. The number of carbonyl (C=O) groups excluding carboxylic acids is 1. The number of rotatable bonds is 5. The number of benzene rings is 1. The molecule has 104 valence electrons. The molecule has 2 rings (SSSR count). The molecule has 1 aliphatic rings. The molecule has 0 saturated carbocycles. The highest BCUT2D eigenvalue weighted by atomic mass is 16.6. The van der Waals surface area contributed by atoms with Crippen molar-refractivity contribution in [2.24, 2.45) is 0 Å². The van der Waals surface area contributed by atoms with Crippen LogP contribution < -0.4 is 20.1 Å². The Balaban J connectivity index is 1.86. The van der Waals surface area contributed by atoms with E-state index in [1.165, 1.54) is 0 Å². The smallest absolute Gasteiger partial charge is 0.225 e. The van der Waals surface area contributed by atoms with Gasteiger partial charge in [-0.05, 0) is 12.1 Å². The van der Waals surface area contributed by atoms with Crippen LogP contribution in [0.1, 0.15) is 20.3 Å². The van der Waals surface area contributed by atoms with Crippen LogP contribution in [0.2, 0.25) is 0 Å². The molecule has 0 atom stereocenters. The molecule has 0 fully saturated rings. The zero-order valence-corrected chi connectivity index (χ0v) is 11.4. The van der Waals surface area contributed by atoms with E-state index in [1.54, 1.807) is 6.07 Å². The molecule has 0 aliphatic carbocycles. The quantitative estimate of drug-likeness (QED) is 0.851. The van der Waals surface area contributed by atoms with Crippen LogP contribution in [0.15, 0.2) is 18.2 Å². The van der Waals surface area contributed by atoms with E-state index in [9.17, 15) is 4.79 Å². The van der Waals surface area contributed by atoms with Gasteiger partial charge in [0.2, 0.25) is 5.91 Å². The summed E-state index contributed by atoms with van der Waals surface area (Å²) >= 11 is 0. The summed E-state index contributed by atoms with van der Waals surface area (Å²) in [6.45, 7) is 5.90. The minimum atomic E-state index is -0.00942. The van der Waals surface area contributed by atoms with E-state index in [1.807, 2.05) is 12.1 Å². The van der Waals surface area contributed by atoms with Gasteiger partial charge in [0.05, 0.1) is 0 Å². The zero-order valence-electron chi connectivity index (χ0n) is 11.4. The molecule has 0 aromatic heterocycles. The minimum Gasteiger partial charge on any atom is -0.486 e. The lowest BCUT2D eigenvalue weighted by Crippen LogP contribution is -2.27. The largest absolute Gasteiger partial charge is 0.486 e. The Labute approximate surface area is 113 Å². The third kappa shape index (κ3) is 4.13. The molecule has 5 nitrogen and oxygen atoms in total. The summed E-state index contributed by atoms with van der Waals surface area (Å²) in [6.07, 6.45) is 0.451. The van der Waals surface area contributed by atoms with Crippen LogP contribution >= 0.6 is 0 Å². The number of hydrogen-bond donors (Lipinski definition) is 2. The second-order valence-electron chi connectivity index (χ2n) is 4.77. The lowest BCUT2D eigenvalue weighted by atomic mass is 10.2. The van der Waals surface area contributed by atoms with E-state index < -0.39 is 0 Å². The molecule has 19 heavy (non-hydrogen) atoms. The zero-order chi connectivity index (χ0) is 13.7. The highest BCUT2D eigenvalue weighted by molar-refractivity contribution is 5.91. The molecule has 0 radical (unpaired) electrons. The summed E-state index contributed by atoms with van der Waals surface area (Å²) in [6, 6.07) is 5.82. The Bertz CT molecular complexity index is 446. The van der Waals surface area contributed by atoms with Gasteiger partial charge >= 0.3 is 0 Å². The Morgan fingerprint density at radius 3 is 2.74 bits per heavy atom. The second kappa shape index (κ2) is 6.43. The first-order valence-electron chi connectivity index (χ1n) is 6.58. The van der Waals surface area contributed by atoms with Crippen LogP contribution in [0.3, 0.4) is 0 Å². The van der Waals surface area contributed by atoms with Crippen molar-refractivity contribution in [3.63, 3.8) is 0 Å². The number of carbonyl (C=O) groups is 1. The van der Waals surface area contributed by atoms with E-state index in [0.29, 0.717) is 38.0 Å². The van der Waals surface area contributed by atoms with E-state index in [4.69, 9.17) is 9.47 Å². The van der Waals surface area contributed by atoms with Gasteiger partial charge in [-0.1, -0.05) is 13.8 Å². The average Bonchev–Trinajstić information content (AvgIpc) is 2.38. The van der Waals surface area contributed by atoms with Crippen LogP contribution in [0, 0.1) is 0 Å². The molecule has 1 aliphatic heterocycles. The summed E-state index contributed by atoms with van der Waals surface area (Å²) in [7, 11) is 0. The van der Waals surface area contributed by atoms with Gasteiger partial charge in [0.25, 0.3) is 0 Å². The predicted molar refractivity (Wildman–Crippen MR) is 73.8 cm³/mol. The maximum Gasteiger partial charge on any atom is 0.225 e. The van der Waals surface area contributed by atoms with Crippen LogP contribution in [0.25, 0.3) is 0 Å². The summed E-state index contributed by atoms with van der Waals surface area (Å²) in [5.41, 5.74) is 0.735. The molecule has 0 bridgehead atoms. The first kappa shape index (κ1) is 13.7. The van der Waals surface area contributed by atoms with Gasteiger partial charge in [-0.2, -0.15) is 0 Å². The fourth-order valence-electron chi connectivity index (χ4n) is 1.82. The monoisotopic (exact) mass is 264 g/mol. The standard InChI is InChI=1S/C14H20N2O3/c1-10(2)15-6-5-14(17)16-11-3-4-12-13(9-11)19-8-7-18-12/h3-4,9-10,15H,5-8H2,1-2H3,(H,16,17). The molecule has 1 aromatic carbocycles. The van der Waals surface area contributed by atoms with Crippen LogP contribution in [-0.4, -0.2) is 31.7 Å². The van der Waals surface area contributed by atoms with Gasteiger partial charge in [-0.3, -0.25) is 4.79 Å². The highest BCUT2D eigenvalue weighted by Gasteiger charge is 2.12. The first-order valence-corrected chi connectivity index (χ1v) is 6.58. The van der Waals surface area contributed by atoms with Crippen molar-refractivity contribution in [2.75, 3.05) is 25.1 Å². The normalized spacial score (nSPS) is 13.4. The molecule has 5 heteroatoms. The third-order valence-corrected chi connectivity index (χ3v) is 2.73. The van der Waals surface area contributed by atoms with Crippen molar-refractivity contribution >= 4 is 11.6 Å². The number of hydrogen-bond acceptors (Lipinski definition) is 4. The maximum atomic E-state index is 11.7. The van der Waals surface area contributed by atoms with Gasteiger partial charge in [0.15, 0.2) is 11.5 Å². The van der Waals surface area contributed by atoms with Crippen LogP contribution in [0.4, 0.5) is 5.69 Å². The lowest BCUT2D eigenvalue weighted by Gasteiger charge is -2.19. The topological polar surface area (TPSA) is 59.6 Å². The Morgan fingerprint density at radius 2 is 2.00 bits per heavy atom. The fourth-order valence-corrected chi connectivity index (χ4v) is 1.82. The molecular weight excluding hydrogens is 244 g/mol. The first-order chi connectivity index (χ1) is 9.15. The Kier molecular flexibility index (Phi) is 4.63. The van der Waals surface area contributed by atoms with Crippen LogP contribution in [-0.2, 0) is 4.79 Å². The van der Waals surface area contributed by atoms with Gasteiger partial charge in [-0.15, -0.1) is 0 Å². The van der Waals surface area contributed by atoms with Gasteiger partial charge < -0.3 is 20.1 Å². The summed E-state index contributed by atoms with van der Waals surface area (Å²) in [4.78, 5) is 11.7. The van der Waals surface area contributed by atoms with Crippen molar-refractivity contribution in [3.8, 4) is 11.5 Å². The molecule has 2 N–H and O–H groups in total. The Morgan fingerprint density at radius 1 is 1.26 bits per heavy atom. The fraction of sp³-hybridized carbons (Fsp3) is 0.500. The molecule has 0 spiro atoms. The Hall–Kier alpha value is -1.75. The van der Waals surface area contributed by atoms with E-state index in [2.05, 4.69) is 24.5 Å². The van der Waals surface area contributed by atoms with Gasteiger partial charge in [0, 0.05) is 30.8 Å². The third-order valence-electron chi connectivity index (χ3n) is 2.73. The summed E-state index contributed by atoms with van der Waals surface area (Å²) < 4.78 is 10.9. The summed E-state index contributed by atoms with van der Waals surface area (Å²) in [5, 5.41) is 6.06. The second-order valence-corrected chi connectivity index (χ2v) is 4.77. The minimum absolute atomic E-state index is 0.00942. The van der Waals surface area contributed by atoms with Crippen molar-refractivity contribution in [2.45, 2.75) is 26.3 Å². The van der Waals surface area contributed by atoms with Crippen molar-refractivity contribution in [1.82, 2.24) is 5.32 Å². The van der Waals surface area contributed by atoms with E-state index >= 15 is 0 Å². The highest BCUT2D eigenvalue weighted by Crippen LogP contribution is 2.32. The summed E-state index contributed by atoms with van der Waals surface area (Å²) in [5.74, 6) is 1.40. The number of fused-ring (bicyclic) bond motifs is 1. The molecular formula is C14H20N2O3. The van der Waals surface area contributed by atoms with Crippen molar-refractivity contribution in [3.05, 3.63) is 18.2 Å².